The number of nitrogens with zero attached hydrogens (tertiary/aromatic N) is 1. The van der Waals surface area contributed by atoms with Gasteiger partial charge in [-0.25, -0.2) is 14.0 Å². The van der Waals surface area contributed by atoms with Crippen molar-refractivity contribution in [3.63, 3.8) is 0 Å². The third kappa shape index (κ3) is 3.56. The zero-order chi connectivity index (χ0) is 18.7. The maximum Gasteiger partial charge on any atom is 0.338 e. The number of aryl methyl sites for hydroxylation is 1. The SMILES string of the molecule is Cc1ccc(C(=O)OCCCn2c(=O)[nH]c3ccccc3c2=O)cc1F. The fourth-order valence-electron chi connectivity index (χ4n) is 2.59. The second kappa shape index (κ2) is 7.35. The predicted molar refractivity (Wildman–Crippen MR) is 94.9 cm³/mol. The topological polar surface area (TPSA) is 81.2 Å². The summed E-state index contributed by atoms with van der Waals surface area (Å²) in [6.07, 6.45) is 0.279. The van der Waals surface area contributed by atoms with E-state index in [1.165, 1.54) is 12.1 Å². The summed E-state index contributed by atoms with van der Waals surface area (Å²) in [6.45, 7) is 1.71. The van der Waals surface area contributed by atoms with Gasteiger partial charge in [0.2, 0.25) is 0 Å². The van der Waals surface area contributed by atoms with Gasteiger partial charge in [0.15, 0.2) is 0 Å². The minimum absolute atomic E-state index is 0.00698. The van der Waals surface area contributed by atoms with E-state index in [0.29, 0.717) is 16.5 Å². The summed E-state index contributed by atoms with van der Waals surface area (Å²) in [7, 11) is 0. The molecule has 26 heavy (non-hydrogen) atoms. The first-order chi connectivity index (χ1) is 12.5. The van der Waals surface area contributed by atoms with Crippen LogP contribution in [0.15, 0.2) is 52.1 Å². The van der Waals surface area contributed by atoms with E-state index < -0.39 is 23.0 Å². The van der Waals surface area contributed by atoms with Crippen LogP contribution in [0.2, 0.25) is 0 Å². The van der Waals surface area contributed by atoms with Crippen molar-refractivity contribution in [3.05, 3.63) is 80.2 Å². The van der Waals surface area contributed by atoms with Gasteiger partial charge < -0.3 is 9.72 Å². The number of carbonyl (C=O) groups is 1. The molecule has 3 aromatic rings. The summed E-state index contributed by atoms with van der Waals surface area (Å²) in [6, 6.07) is 10.8. The van der Waals surface area contributed by atoms with Gasteiger partial charge in [0.05, 0.1) is 23.1 Å². The van der Waals surface area contributed by atoms with Crippen LogP contribution in [-0.4, -0.2) is 22.1 Å². The summed E-state index contributed by atoms with van der Waals surface area (Å²) < 4.78 is 19.6. The molecule has 7 heteroatoms. The first-order valence-electron chi connectivity index (χ1n) is 8.12. The largest absolute Gasteiger partial charge is 0.462 e. The predicted octanol–water partition coefficient (Wildman–Crippen LogP) is 2.38. The highest BCUT2D eigenvalue weighted by molar-refractivity contribution is 5.89. The Morgan fingerprint density at radius 3 is 2.73 bits per heavy atom. The number of benzene rings is 2. The third-order valence-electron chi connectivity index (χ3n) is 4.06. The van der Waals surface area contributed by atoms with Crippen molar-refractivity contribution in [1.82, 2.24) is 9.55 Å². The molecule has 1 heterocycles. The molecule has 1 N–H and O–H groups in total. The molecular weight excluding hydrogens is 339 g/mol. The number of aromatic nitrogens is 2. The van der Waals surface area contributed by atoms with Crippen LogP contribution >= 0.6 is 0 Å². The molecule has 0 atom stereocenters. The molecule has 0 amide bonds. The van der Waals surface area contributed by atoms with E-state index in [0.717, 1.165) is 10.6 Å². The smallest absolute Gasteiger partial charge is 0.338 e. The molecule has 1 aromatic heterocycles. The van der Waals surface area contributed by atoms with Gasteiger partial charge in [-0.05, 0) is 43.2 Å². The van der Waals surface area contributed by atoms with Crippen molar-refractivity contribution in [3.8, 4) is 0 Å². The molecular formula is C19H17FN2O4. The molecule has 0 aliphatic heterocycles. The number of aromatic amines is 1. The van der Waals surface area contributed by atoms with Crippen molar-refractivity contribution in [2.75, 3.05) is 6.61 Å². The molecule has 134 valence electrons. The Labute approximate surface area is 147 Å². The lowest BCUT2D eigenvalue weighted by atomic mass is 10.1. The minimum Gasteiger partial charge on any atom is -0.462 e. The molecule has 0 unspecified atom stereocenters. The van der Waals surface area contributed by atoms with Gasteiger partial charge in [-0.1, -0.05) is 18.2 Å². The van der Waals surface area contributed by atoms with E-state index in [4.69, 9.17) is 4.74 Å². The number of fused-ring (bicyclic) bond motifs is 1. The van der Waals surface area contributed by atoms with Crippen molar-refractivity contribution in [2.45, 2.75) is 19.9 Å². The van der Waals surface area contributed by atoms with E-state index >= 15 is 0 Å². The van der Waals surface area contributed by atoms with Crippen LogP contribution in [0.25, 0.3) is 10.9 Å². The monoisotopic (exact) mass is 356 g/mol. The van der Waals surface area contributed by atoms with Crippen LogP contribution in [0.4, 0.5) is 4.39 Å². The Morgan fingerprint density at radius 1 is 1.19 bits per heavy atom. The number of halogens is 1. The number of rotatable bonds is 5. The molecule has 0 spiro atoms. The van der Waals surface area contributed by atoms with Crippen LogP contribution in [0, 0.1) is 12.7 Å². The molecule has 0 radical (unpaired) electrons. The summed E-state index contributed by atoms with van der Waals surface area (Å²) in [5, 5.41) is 0.416. The number of para-hydroxylation sites is 1. The van der Waals surface area contributed by atoms with Gasteiger partial charge in [-0.2, -0.15) is 0 Å². The number of esters is 1. The van der Waals surface area contributed by atoms with E-state index in [1.807, 2.05) is 0 Å². The lowest BCUT2D eigenvalue weighted by Gasteiger charge is -2.08. The highest BCUT2D eigenvalue weighted by Gasteiger charge is 2.10. The quantitative estimate of drug-likeness (QED) is 0.562. The number of hydrogen-bond acceptors (Lipinski definition) is 4. The van der Waals surface area contributed by atoms with E-state index in [1.54, 1.807) is 31.2 Å². The van der Waals surface area contributed by atoms with Crippen LogP contribution < -0.4 is 11.2 Å². The number of nitrogens with one attached hydrogen (secondary N) is 1. The van der Waals surface area contributed by atoms with Gasteiger partial charge in [0.1, 0.15) is 5.82 Å². The zero-order valence-electron chi connectivity index (χ0n) is 14.1. The summed E-state index contributed by atoms with van der Waals surface area (Å²) in [4.78, 5) is 38.9. The Hall–Kier alpha value is -3.22. The van der Waals surface area contributed by atoms with Gasteiger partial charge in [0.25, 0.3) is 5.56 Å². The summed E-state index contributed by atoms with van der Waals surface area (Å²) >= 11 is 0. The van der Waals surface area contributed by atoms with Crippen LogP contribution in [0.1, 0.15) is 22.3 Å². The molecule has 0 aliphatic rings. The van der Waals surface area contributed by atoms with E-state index in [2.05, 4.69) is 4.98 Å². The van der Waals surface area contributed by atoms with E-state index in [9.17, 15) is 18.8 Å². The zero-order valence-corrected chi connectivity index (χ0v) is 14.1. The Bertz CT molecular complexity index is 1080. The highest BCUT2D eigenvalue weighted by atomic mass is 19.1. The maximum absolute atomic E-state index is 13.5. The maximum atomic E-state index is 13.5. The molecule has 0 fully saturated rings. The number of ether oxygens (including phenoxy) is 1. The first-order valence-corrected chi connectivity index (χ1v) is 8.12. The second-order valence-electron chi connectivity index (χ2n) is 5.89. The molecule has 2 aromatic carbocycles. The average molecular weight is 356 g/mol. The van der Waals surface area contributed by atoms with Crippen molar-refractivity contribution >= 4 is 16.9 Å². The van der Waals surface area contributed by atoms with Crippen molar-refractivity contribution in [2.24, 2.45) is 0 Å². The number of hydrogen-bond donors (Lipinski definition) is 1. The standard InChI is InChI=1S/C19H17FN2O4/c1-12-7-8-13(11-15(12)20)18(24)26-10-4-9-22-17(23)14-5-2-3-6-16(14)21-19(22)25/h2-3,5-8,11H,4,9-10H2,1H3,(H,21,25). The minimum atomic E-state index is -0.649. The van der Waals surface area contributed by atoms with Crippen molar-refractivity contribution in [1.29, 1.82) is 0 Å². The van der Waals surface area contributed by atoms with Gasteiger partial charge in [-0.15, -0.1) is 0 Å². The number of carbonyl (C=O) groups excluding carboxylic acids is 1. The number of H-pyrrole nitrogens is 1. The van der Waals surface area contributed by atoms with Crippen LogP contribution in [0.5, 0.6) is 0 Å². The summed E-state index contributed by atoms with van der Waals surface area (Å²) in [5.41, 5.74) is 0.133. The normalized spacial score (nSPS) is 10.8. The first kappa shape index (κ1) is 17.6. The molecule has 6 nitrogen and oxygen atoms in total. The Morgan fingerprint density at radius 2 is 1.96 bits per heavy atom. The fourth-order valence-corrected chi connectivity index (χ4v) is 2.59. The fraction of sp³-hybridized carbons (Fsp3) is 0.211. The van der Waals surface area contributed by atoms with Gasteiger partial charge in [0, 0.05) is 6.54 Å². The molecule has 0 bridgehead atoms. The van der Waals surface area contributed by atoms with Crippen LogP contribution in [-0.2, 0) is 11.3 Å². The lowest BCUT2D eigenvalue weighted by molar-refractivity contribution is 0.0495. The van der Waals surface area contributed by atoms with Gasteiger partial charge >= 0.3 is 11.7 Å². The molecule has 0 aliphatic carbocycles. The second-order valence-corrected chi connectivity index (χ2v) is 5.89. The third-order valence-corrected chi connectivity index (χ3v) is 4.06. The Balaban J connectivity index is 1.64. The Kier molecular flexibility index (Phi) is 4.97. The summed E-state index contributed by atoms with van der Waals surface area (Å²) in [5.74, 6) is -1.13. The van der Waals surface area contributed by atoms with Gasteiger partial charge in [-0.3, -0.25) is 9.36 Å². The molecule has 3 rings (SSSR count). The van der Waals surface area contributed by atoms with Crippen molar-refractivity contribution < 1.29 is 13.9 Å². The lowest BCUT2D eigenvalue weighted by Crippen LogP contribution is -2.35. The highest BCUT2D eigenvalue weighted by Crippen LogP contribution is 2.10. The molecule has 0 saturated heterocycles. The van der Waals surface area contributed by atoms with E-state index in [-0.39, 0.29) is 25.1 Å². The average Bonchev–Trinajstić information content (AvgIpc) is 2.63. The molecule has 0 saturated carbocycles. The van der Waals surface area contributed by atoms with Crippen LogP contribution in [0.3, 0.4) is 0 Å².